The fourth-order valence-electron chi connectivity index (χ4n) is 3.93. The second kappa shape index (κ2) is 10.3. The molecular formula is C21H31ClN4O4S. The molecule has 0 atom stereocenters. The molecule has 8 nitrogen and oxygen atoms in total. The molecule has 2 aliphatic heterocycles. The van der Waals surface area contributed by atoms with Crippen molar-refractivity contribution in [3.8, 4) is 0 Å². The average molecular weight is 471 g/mol. The van der Waals surface area contributed by atoms with Crippen LogP contribution in [0.15, 0.2) is 23.1 Å². The maximum Gasteiger partial charge on any atom is 0.253 e. The zero-order chi connectivity index (χ0) is 22.6. The summed E-state index contributed by atoms with van der Waals surface area (Å²) in [6.07, 6.45) is 3.43. The number of likely N-dealkylation sites (N-methyl/N-ethyl adjacent to an activating group) is 1. The quantitative estimate of drug-likeness (QED) is 0.654. The molecule has 172 valence electrons. The molecule has 0 radical (unpaired) electrons. The van der Waals surface area contributed by atoms with E-state index < -0.39 is 10.0 Å². The van der Waals surface area contributed by atoms with Gasteiger partial charge in [-0.1, -0.05) is 18.0 Å². The molecule has 0 spiro atoms. The molecule has 0 saturated carbocycles. The van der Waals surface area contributed by atoms with Crippen LogP contribution in [0.4, 0.5) is 0 Å². The molecular weight excluding hydrogens is 440 g/mol. The van der Waals surface area contributed by atoms with Gasteiger partial charge in [-0.05, 0) is 37.5 Å². The van der Waals surface area contributed by atoms with Crippen LogP contribution in [0.3, 0.4) is 0 Å². The van der Waals surface area contributed by atoms with Crippen LogP contribution in [0.5, 0.6) is 0 Å². The van der Waals surface area contributed by atoms with Gasteiger partial charge in [-0.2, -0.15) is 4.31 Å². The Morgan fingerprint density at radius 2 is 1.68 bits per heavy atom. The van der Waals surface area contributed by atoms with E-state index in [2.05, 4.69) is 0 Å². The Morgan fingerprint density at radius 3 is 2.35 bits per heavy atom. The third-order valence-corrected chi connectivity index (χ3v) is 8.22. The molecule has 0 unspecified atom stereocenters. The minimum Gasteiger partial charge on any atom is -0.348 e. The zero-order valence-electron chi connectivity index (χ0n) is 18.2. The number of amides is 2. The van der Waals surface area contributed by atoms with E-state index in [9.17, 15) is 18.0 Å². The summed E-state index contributed by atoms with van der Waals surface area (Å²) in [5, 5.41) is 0.131. The molecule has 2 amide bonds. The smallest absolute Gasteiger partial charge is 0.253 e. The van der Waals surface area contributed by atoms with Gasteiger partial charge < -0.3 is 9.80 Å². The van der Waals surface area contributed by atoms with Crippen LogP contribution in [0.25, 0.3) is 0 Å². The van der Waals surface area contributed by atoms with E-state index in [1.165, 1.54) is 16.4 Å². The molecule has 1 aromatic rings. The van der Waals surface area contributed by atoms with Crippen molar-refractivity contribution in [3.63, 3.8) is 0 Å². The predicted octanol–water partition coefficient (Wildman–Crippen LogP) is 1.75. The molecule has 1 aromatic carbocycles. The number of rotatable bonds is 5. The van der Waals surface area contributed by atoms with Crippen LogP contribution in [-0.2, 0) is 14.8 Å². The lowest BCUT2D eigenvalue weighted by molar-refractivity contribution is -0.129. The number of carbonyl (C=O) groups is 2. The largest absolute Gasteiger partial charge is 0.348 e. The van der Waals surface area contributed by atoms with Gasteiger partial charge in [-0.25, -0.2) is 8.42 Å². The number of hydrogen-bond acceptors (Lipinski definition) is 5. The standard InChI is InChI=1S/C21H31ClN4O4S/c1-23(2)20(27)16-24-9-6-10-25(14-13-24)21(28)17-7-8-18(22)19(15-17)31(29,30)26-11-4-3-5-12-26/h7-8,15H,3-6,9-14,16H2,1-2H3. The van der Waals surface area contributed by atoms with E-state index in [1.54, 1.807) is 30.0 Å². The van der Waals surface area contributed by atoms with E-state index in [4.69, 9.17) is 11.6 Å². The van der Waals surface area contributed by atoms with Gasteiger partial charge in [0.1, 0.15) is 4.90 Å². The monoisotopic (exact) mass is 470 g/mol. The minimum atomic E-state index is -3.74. The van der Waals surface area contributed by atoms with E-state index in [0.717, 1.165) is 32.2 Å². The molecule has 2 saturated heterocycles. The van der Waals surface area contributed by atoms with Crippen molar-refractivity contribution in [1.82, 2.24) is 19.0 Å². The summed E-state index contributed by atoms with van der Waals surface area (Å²) < 4.78 is 27.6. The van der Waals surface area contributed by atoms with Gasteiger partial charge in [0, 0.05) is 58.9 Å². The predicted molar refractivity (Wildman–Crippen MR) is 120 cm³/mol. The van der Waals surface area contributed by atoms with Crippen LogP contribution in [0, 0.1) is 0 Å². The summed E-state index contributed by atoms with van der Waals surface area (Å²) in [5.74, 6) is -0.183. The lowest BCUT2D eigenvalue weighted by atomic mass is 10.2. The highest BCUT2D eigenvalue weighted by Gasteiger charge is 2.30. The lowest BCUT2D eigenvalue weighted by Crippen LogP contribution is -2.39. The first kappa shape index (κ1) is 24.0. The number of halogens is 1. The lowest BCUT2D eigenvalue weighted by Gasteiger charge is -2.27. The molecule has 2 fully saturated rings. The van der Waals surface area contributed by atoms with Crippen molar-refractivity contribution >= 4 is 33.4 Å². The van der Waals surface area contributed by atoms with Gasteiger partial charge in [0.05, 0.1) is 11.6 Å². The highest BCUT2D eigenvalue weighted by atomic mass is 35.5. The summed E-state index contributed by atoms with van der Waals surface area (Å²) in [7, 11) is -0.280. The highest BCUT2D eigenvalue weighted by molar-refractivity contribution is 7.89. The van der Waals surface area contributed by atoms with Crippen molar-refractivity contribution in [3.05, 3.63) is 28.8 Å². The Balaban J connectivity index is 1.73. The Morgan fingerprint density at radius 1 is 0.968 bits per heavy atom. The third-order valence-electron chi connectivity index (χ3n) is 5.84. The molecule has 31 heavy (non-hydrogen) atoms. The molecule has 2 heterocycles. The van der Waals surface area contributed by atoms with E-state index in [-0.39, 0.29) is 21.7 Å². The second-order valence-electron chi connectivity index (χ2n) is 8.32. The molecule has 0 N–H and O–H groups in total. The van der Waals surface area contributed by atoms with Crippen LogP contribution < -0.4 is 0 Å². The Hall–Kier alpha value is -1.68. The SMILES string of the molecule is CN(C)C(=O)CN1CCCN(C(=O)c2ccc(Cl)c(S(=O)(=O)N3CCCCC3)c2)CC1. The third kappa shape index (κ3) is 5.77. The van der Waals surface area contributed by atoms with Crippen LogP contribution in [-0.4, -0.2) is 99.1 Å². The number of hydrogen-bond donors (Lipinski definition) is 0. The van der Waals surface area contributed by atoms with Crippen molar-refractivity contribution in [2.75, 3.05) is 59.9 Å². The second-order valence-corrected chi connectivity index (χ2v) is 10.6. The molecule has 0 aliphatic carbocycles. The van der Waals surface area contributed by atoms with Crippen molar-refractivity contribution in [2.24, 2.45) is 0 Å². The van der Waals surface area contributed by atoms with Crippen molar-refractivity contribution < 1.29 is 18.0 Å². The van der Waals surface area contributed by atoms with Gasteiger partial charge in [0.15, 0.2) is 0 Å². The van der Waals surface area contributed by atoms with Crippen molar-refractivity contribution in [2.45, 2.75) is 30.6 Å². The molecule has 0 bridgehead atoms. The summed E-state index contributed by atoms with van der Waals surface area (Å²) in [6.45, 7) is 3.65. The Bertz CT molecular complexity index is 916. The van der Waals surface area contributed by atoms with Gasteiger partial charge >= 0.3 is 0 Å². The maximum absolute atomic E-state index is 13.1. The zero-order valence-corrected chi connectivity index (χ0v) is 19.8. The maximum atomic E-state index is 13.1. The van der Waals surface area contributed by atoms with Crippen molar-refractivity contribution in [1.29, 1.82) is 0 Å². The number of nitrogens with zero attached hydrogens (tertiary/aromatic N) is 4. The number of carbonyl (C=O) groups excluding carboxylic acids is 2. The van der Waals surface area contributed by atoms with Gasteiger partial charge in [-0.3, -0.25) is 14.5 Å². The van der Waals surface area contributed by atoms with Crippen LogP contribution in [0.1, 0.15) is 36.0 Å². The Kier molecular flexibility index (Phi) is 7.96. The summed E-state index contributed by atoms with van der Waals surface area (Å²) in [5.41, 5.74) is 0.317. The summed E-state index contributed by atoms with van der Waals surface area (Å²) in [6, 6.07) is 4.48. The highest BCUT2D eigenvalue weighted by Crippen LogP contribution is 2.28. The van der Waals surface area contributed by atoms with E-state index in [0.29, 0.717) is 44.8 Å². The van der Waals surface area contributed by atoms with Gasteiger partial charge in [0.25, 0.3) is 5.91 Å². The van der Waals surface area contributed by atoms with Gasteiger partial charge in [-0.15, -0.1) is 0 Å². The van der Waals surface area contributed by atoms with E-state index in [1.807, 2.05) is 4.90 Å². The first-order valence-electron chi connectivity index (χ1n) is 10.7. The fourth-order valence-corrected chi connectivity index (χ4v) is 5.94. The first-order chi connectivity index (χ1) is 14.7. The Labute approximate surface area is 189 Å². The average Bonchev–Trinajstić information content (AvgIpc) is 2.99. The van der Waals surface area contributed by atoms with Crippen LogP contribution >= 0.6 is 11.6 Å². The van der Waals surface area contributed by atoms with E-state index >= 15 is 0 Å². The summed E-state index contributed by atoms with van der Waals surface area (Å²) in [4.78, 5) is 30.4. The number of sulfonamides is 1. The fraction of sp³-hybridized carbons (Fsp3) is 0.619. The molecule has 10 heteroatoms. The first-order valence-corrected chi connectivity index (χ1v) is 12.5. The number of benzene rings is 1. The normalized spacial score (nSPS) is 19.1. The molecule has 3 rings (SSSR count). The number of piperidine rings is 1. The van der Waals surface area contributed by atoms with Crippen LogP contribution in [0.2, 0.25) is 5.02 Å². The molecule has 2 aliphatic rings. The minimum absolute atomic E-state index is 0.00468. The topological polar surface area (TPSA) is 81.2 Å². The molecule has 0 aromatic heterocycles. The summed E-state index contributed by atoms with van der Waals surface area (Å²) >= 11 is 6.24. The van der Waals surface area contributed by atoms with Gasteiger partial charge in [0.2, 0.25) is 15.9 Å².